The molecule has 0 bridgehead atoms. The molecule has 0 saturated carbocycles. The van der Waals surface area contributed by atoms with Crippen LogP contribution in [0.25, 0.3) is 16.6 Å². The Kier molecular flexibility index (Phi) is 6.00. The topological polar surface area (TPSA) is 104 Å². The van der Waals surface area contributed by atoms with Crippen molar-refractivity contribution in [3.63, 3.8) is 0 Å². The zero-order valence-corrected chi connectivity index (χ0v) is 17.7. The Morgan fingerprint density at radius 2 is 1.75 bits per heavy atom. The van der Waals surface area contributed by atoms with E-state index in [0.717, 1.165) is 11.8 Å². The lowest BCUT2D eigenvalue weighted by molar-refractivity contribution is -0.384. The molecule has 0 aliphatic carbocycles. The van der Waals surface area contributed by atoms with Crippen molar-refractivity contribution in [1.29, 1.82) is 0 Å². The first-order valence-electron chi connectivity index (χ1n) is 9.54. The second-order valence-electron chi connectivity index (χ2n) is 6.77. The molecule has 8 nitrogen and oxygen atoms in total. The first kappa shape index (κ1) is 21.3. The minimum absolute atomic E-state index is 0.0126. The highest BCUT2D eigenvalue weighted by Gasteiger charge is 2.16. The number of ether oxygens (including phenoxy) is 1. The maximum atomic E-state index is 13.2. The standard InChI is InChI=1S/C23H17N3O5S/c1-31-18-12-10-16(11-13-18)25-22(28)19-4-2-3-5-20(19)24-23(25)32-14-21(27)15-6-8-17(9-7-15)26(29)30/h2-13H,14H2,1H3. The summed E-state index contributed by atoms with van der Waals surface area (Å²) < 4.78 is 6.66. The summed E-state index contributed by atoms with van der Waals surface area (Å²) in [7, 11) is 1.56. The van der Waals surface area contributed by atoms with Crippen molar-refractivity contribution in [2.75, 3.05) is 12.9 Å². The number of nitrogens with zero attached hydrogens (tertiary/aromatic N) is 3. The van der Waals surface area contributed by atoms with Gasteiger partial charge in [0.15, 0.2) is 10.9 Å². The van der Waals surface area contributed by atoms with Crippen molar-refractivity contribution in [2.45, 2.75) is 5.16 Å². The van der Waals surface area contributed by atoms with Crippen LogP contribution in [-0.2, 0) is 0 Å². The highest BCUT2D eigenvalue weighted by Crippen LogP contribution is 2.24. The Balaban J connectivity index is 1.69. The molecule has 9 heteroatoms. The fourth-order valence-electron chi connectivity index (χ4n) is 3.15. The molecular weight excluding hydrogens is 430 g/mol. The maximum absolute atomic E-state index is 13.2. The fourth-order valence-corrected chi connectivity index (χ4v) is 4.06. The number of non-ortho nitro benzene ring substituents is 1. The lowest BCUT2D eigenvalue weighted by Gasteiger charge is -2.13. The van der Waals surface area contributed by atoms with E-state index in [1.165, 1.54) is 28.8 Å². The summed E-state index contributed by atoms with van der Waals surface area (Å²) >= 11 is 1.13. The molecule has 0 aliphatic rings. The number of hydrogen-bond donors (Lipinski definition) is 0. The Morgan fingerprint density at radius 1 is 1.06 bits per heavy atom. The third kappa shape index (κ3) is 4.23. The largest absolute Gasteiger partial charge is 0.497 e. The van der Waals surface area contributed by atoms with Crippen LogP contribution in [0.2, 0.25) is 0 Å². The van der Waals surface area contributed by atoms with Gasteiger partial charge in [-0.15, -0.1) is 0 Å². The summed E-state index contributed by atoms with van der Waals surface area (Å²) in [5.74, 6) is 0.436. The number of nitro groups is 1. The van der Waals surface area contributed by atoms with E-state index >= 15 is 0 Å². The fraction of sp³-hybridized carbons (Fsp3) is 0.0870. The van der Waals surface area contributed by atoms with E-state index in [0.29, 0.717) is 33.1 Å². The van der Waals surface area contributed by atoms with E-state index in [1.807, 2.05) is 0 Å². The van der Waals surface area contributed by atoms with Crippen molar-refractivity contribution >= 4 is 34.1 Å². The van der Waals surface area contributed by atoms with Crippen LogP contribution in [0.4, 0.5) is 5.69 Å². The van der Waals surface area contributed by atoms with Crippen molar-refractivity contribution < 1.29 is 14.5 Å². The number of carbonyl (C=O) groups excluding carboxylic acids is 1. The first-order valence-corrected chi connectivity index (χ1v) is 10.5. The minimum Gasteiger partial charge on any atom is -0.497 e. The van der Waals surface area contributed by atoms with Gasteiger partial charge >= 0.3 is 0 Å². The number of ketones is 1. The summed E-state index contributed by atoms with van der Waals surface area (Å²) in [4.78, 5) is 40.8. The number of thioether (sulfide) groups is 1. The van der Waals surface area contributed by atoms with E-state index < -0.39 is 4.92 Å². The van der Waals surface area contributed by atoms with Crippen LogP contribution in [0.5, 0.6) is 5.75 Å². The van der Waals surface area contributed by atoms with Gasteiger partial charge in [-0.25, -0.2) is 4.98 Å². The lowest BCUT2D eigenvalue weighted by Crippen LogP contribution is -2.22. The van der Waals surface area contributed by atoms with Gasteiger partial charge in [0.2, 0.25) is 0 Å². The summed E-state index contributed by atoms with van der Waals surface area (Å²) in [6.07, 6.45) is 0. The Bertz CT molecular complexity index is 1370. The third-order valence-corrected chi connectivity index (χ3v) is 5.75. The Hall–Kier alpha value is -3.98. The summed E-state index contributed by atoms with van der Waals surface area (Å²) in [5, 5.41) is 11.6. The molecule has 0 radical (unpaired) electrons. The van der Waals surface area contributed by atoms with Crippen LogP contribution in [0.15, 0.2) is 82.7 Å². The summed E-state index contributed by atoms with van der Waals surface area (Å²) in [5.41, 5.74) is 1.15. The molecule has 3 aromatic carbocycles. The van der Waals surface area contributed by atoms with Crippen LogP contribution in [0, 0.1) is 10.1 Å². The number of aromatic nitrogens is 2. The molecule has 4 aromatic rings. The second-order valence-corrected chi connectivity index (χ2v) is 7.71. The number of Topliss-reactive ketones (excluding diaryl/α,β-unsaturated/α-hetero) is 1. The Labute approximate surface area is 186 Å². The van der Waals surface area contributed by atoms with Crippen LogP contribution in [-0.4, -0.2) is 33.1 Å². The molecule has 0 amide bonds. The SMILES string of the molecule is COc1ccc(-n2c(SCC(=O)c3ccc([N+](=O)[O-])cc3)nc3ccccc3c2=O)cc1. The molecule has 1 heterocycles. The van der Waals surface area contributed by atoms with E-state index in [1.54, 1.807) is 55.6 Å². The van der Waals surface area contributed by atoms with Crippen LogP contribution < -0.4 is 10.3 Å². The predicted octanol–water partition coefficient (Wildman–Crippen LogP) is 4.28. The van der Waals surface area contributed by atoms with Crippen molar-refractivity contribution in [3.8, 4) is 11.4 Å². The van der Waals surface area contributed by atoms with Crippen molar-refractivity contribution in [3.05, 3.63) is 98.8 Å². The zero-order chi connectivity index (χ0) is 22.7. The number of carbonyl (C=O) groups is 1. The second kappa shape index (κ2) is 9.03. The molecule has 0 saturated heterocycles. The van der Waals surface area contributed by atoms with Crippen LogP contribution in [0.3, 0.4) is 0 Å². The number of methoxy groups -OCH3 is 1. The van der Waals surface area contributed by atoms with Crippen molar-refractivity contribution in [2.24, 2.45) is 0 Å². The molecule has 4 rings (SSSR count). The smallest absolute Gasteiger partial charge is 0.269 e. The minimum atomic E-state index is -0.518. The molecule has 0 N–H and O–H groups in total. The van der Waals surface area contributed by atoms with E-state index in [-0.39, 0.29) is 22.8 Å². The van der Waals surface area contributed by atoms with Gasteiger partial charge in [-0.05, 0) is 48.5 Å². The molecule has 160 valence electrons. The number of nitro benzene ring substituents is 1. The van der Waals surface area contributed by atoms with Gasteiger partial charge in [-0.2, -0.15) is 0 Å². The summed E-state index contributed by atoms with van der Waals surface area (Å²) in [6.45, 7) is 0. The predicted molar refractivity (Wildman–Crippen MR) is 122 cm³/mol. The van der Waals surface area contributed by atoms with Gasteiger partial charge < -0.3 is 4.74 Å². The quantitative estimate of drug-likeness (QED) is 0.137. The highest BCUT2D eigenvalue weighted by atomic mass is 32.2. The zero-order valence-electron chi connectivity index (χ0n) is 16.9. The summed E-state index contributed by atoms with van der Waals surface area (Å²) in [6, 6.07) is 19.4. The number of hydrogen-bond acceptors (Lipinski definition) is 7. The molecule has 0 fully saturated rings. The molecule has 0 spiro atoms. The highest BCUT2D eigenvalue weighted by molar-refractivity contribution is 7.99. The van der Waals surface area contributed by atoms with Gasteiger partial charge in [-0.1, -0.05) is 23.9 Å². The molecule has 0 aliphatic heterocycles. The number of para-hydroxylation sites is 1. The van der Waals surface area contributed by atoms with E-state index in [9.17, 15) is 19.7 Å². The normalized spacial score (nSPS) is 10.8. The molecule has 32 heavy (non-hydrogen) atoms. The molecular formula is C23H17N3O5S. The van der Waals surface area contributed by atoms with Crippen LogP contribution in [0.1, 0.15) is 10.4 Å². The molecule has 1 aromatic heterocycles. The van der Waals surface area contributed by atoms with E-state index in [2.05, 4.69) is 4.98 Å². The monoisotopic (exact) mass is 447 g/mol. The number of benzene rings is 3. The third-order valence-electron chi connectivity index (χ3n) is 4.81. The van der Waals surface area contributed by atoms with Gasteiger partial charge in [0.25, 0.3) is 11.2 Å². The lowest BCUT2D eigenvalue weighted by atomic mass is 10.1. The molecule has 0 atom stereocenters. The number of rotatable bonds is 7. The molecule has 0 unspecified atom stereocenters. The maximum Gasteiger partial charge on any atom is 0.269 e. The first-order chi connectivity index (χ1) is 15.5. The average Bonchev–Trinajstić information content (AvgIpc) is 2.83. The van der Waals surface area contributed by atoms with Crippen LogP contribution >= 0.6 is 11.8 Å². The Morgan fingerprint density at radius 3 is 2.41 bits per heavy atom. The number of fused-ring (bicyclic) bond motifs is 1. The van der Waals surface area contributed by atoms with Gasteiger partial charge in [0, 0.05) is 17.7 Å². The van der Waals surface area contributed by atoms with E-state index in [4.69, 9.17) is 4.74 Å². The van der Waals surface area contributed by atoms with Gasteiger partial charge in [0.1, 0.15) is 5.75 Å². The average molecular weight is 447 g/mol. The van der Waals surface area contributed by atoms with Gasteiger partial charge in [0.05, 0.1) is 34.4 Å². The van der Waals surface area contributed by atoms with Crippen molar-refractivity contribution in [1.82, 2.24) is 9.55 Å². The van der Waals surface area contributed by atoms with Gasteiger partial charge in [-0.3, -0.25) is 24.3 Å².